The second-order valence-electron chi connectivity index (χ2n) is 26.5. The Labute approximate surface area is 601 Å². The highest BCUT2D eigenvalue weighted by atomic mass is 32.2. The zero-order valence-electron chi connectivity index (χ0n) is 57.1. The molecule has 16 rings (SSSR count). The second-order valence-corrected chi connectivity index (χ2v) is 28.1. The summed E-state index contributed by atoms with van der Waals surface area (Å²) in [5.41, 5.74) is 20.4. The summed E-state index contributed by atoms with van der Waals surface area (Å²) in [6, 6.07) is 63.0. The molecule has 14 nitrogen and oxygen atoms in total. The SMILES string of the molecule is CS(=O)(=O)OCCc1ccc(Nc2ncc3c(n2)-c2ccccc2[C@H](c2ccc(F)c(F)c2)C3)cc1.Fc1ccc(C2Cc3cnc(Nc4ccc(CCN5CCCCC5)cc4)nc3-c3ccccc32)cc1.OCCc1ccc(Nc2ncc3c(n2)-c2ccccc2[C@H](c2ccc(F)c(F)c2)C3)cc1. The lowest BCUT2D eigenvalue weighted by Gasteiger charge is -2.27. The number of likely N-dealkylation sites (tertiary alicyclic amines) is 1. The summed E-state index contributed by atoms with van der Waals surface area (Å²) < 4.78 is 95.4. The zero-order valence-corrected chi connectivity index (χ0v) is 57.9. The second kappa shape index (κ2) is 31.8. The number of hydrogen-bond acceptors (Lipinski definition) is 14. The Bertz CT molecular complexity index is 5150. The molecular weight excluding hydrogens is 1340 g/mol. The largest absolute Gasteiger partial charge is 0.396 e. The third-order valence-corrected chi connectivity index (χ3v) is 20.1. The molecule has 0 amide bonds. The van der Waals surface area contributed by atoms with Crippen LogP contribution in [0, 0.1) is 29.1 Å². The number of hydrogen-bond donors (Lipinski definition) is 4. The van der Waals surface area contributed by atoms with E-state index >= 15 is 0 Å². The molecule has 20 heteroatoms. The van der Waals surface area contributed by atoms with Gasteiger partial charge in [-0.25, -0.2) is 51.9 Å². The molecule has 0 spiro atoms. The van der Waals surface area contributed by atoms with E-state index in [0.717, 1.165) is 133 Å². The van der Waals surface area contributed by atoms with Gasteiger partial charge in [0.25, 0.3) is 10.1 Å². The summed E-state index contributed by atoms with van der Waals surface area (Å²) in [7, 11) is -3.46. The average molecular weight is 1420 g/mol. The number of nitrogens with zero attached hydrogens (tertiary/aromatic N) is 7. The van der Waals surface area contributed by atoms with Gasteiger partial charge in [0.05, 0.1) is 29.9 Å². The highest BCUT2D eigenvalue weighted by molar-refractivity contribution is 7.86. The Kier molecular flexibility index (Phi) is 21.4. The van der Waals surface area contributed by atoms with Crippen LogP contribution in [-0.4, -0.2) is 87.4 Å². The van der Waals surface area contributed by atoms with E-state index in [4.69, 9.17) is 24.2 Å². The van der Waals surface area contributed by atoms with Gasteiger partial charge in [0.15, 0.2) is 23.3 Å². The number of fused-ring (bicyclic) bond motifs is 9. The normalized spacial score (nSPS) is 15.5. The predicted octanol–water partition coefficient (Wildman–Crippen LogP) is 17.5. The molecule has 12 aromatic rings. The van der Waals surface area contributed by atoms with Crippen LogP contribution in [0.4, 0.5) is 56.9 Å². The molecule has 104 heavy (non-hydrogen) atoms. The fourth-order valence-electron chi connectivity index (χ4n) is 14.2. The van der Waals surface area contributed by atoms with Crippen LogP contribution in [-0.2, 0) is 52.8 Å². The van der Waals surface area contributed by atoms with Crippen LogP contribution in [0.1, 0.15) is 104 Å². The lowest BCUT2D eigenvalue weighted by molar-refractivity contribution is 0.231. The Morgan fingerprint density at radius 3 is 1.21 bits per heavy atom. The summed E-state index contributed by atoms with van der Waals surface area (Å²) in [6.07, 6.45) is 14.7. The maximum absolute atomic E-state index is 14.0. The number of halogens is 5. The van der Waals surface area contributed by atoms with Gasteiger partial charge in [0, 0.05) is 83.2 Å². The van der Waals surface area contributed by atoms with E-state index in [9.17, 15) is 30.4 Å². The van der Waals surface area contributed by atoms with Gasteiger partial charge in [-0.3, -0.25) is 4.18 Å². The standard InChI is InChI=1S/C31H31FN4.C27H23F2N3O3S.C26H21F2N3O/c32-25-12-10-23(11-13-25)29-20-24-21-33-31(35-30(24)28-7-3-2-6-27(28)29)34-26-14-8-22(9-15-26)16-19-36-17-4-1-5-18-36;1-36(33,34)35-13-12-17-6-9-20(10-7-17)31-27-30-16-19-14-23(18-8-11-24(28)25(29)15-18)21-4-2-3-5-22(21)26(19)32-27;27-23-10-7-17(14-24(23)28)22-13-18-15-29-26(30-19-8-5-16(6-9-19)11-12-32)31-25(18)21-4-2-1-3-20(21)22/h2-3,6-15,21,29H,1,4-5,16-20H2,(H,33,34,35);2-11,15-16,23H,12-14H2,1H3,(H,30,31,32);1-10,14-15,22,32H,11-13H2,(H,29,30,31)/t;23-;22-/m.00/s1. The van der Waals surface area contributed by atoms with Crippen molar-refractivity contribution < 1.29 is 39.7 Å². The number of nitrogens with one attached hydrogen (secondary N) is 3. The first-order chi connectivity index (χ1) is 50.6. The quantitative estimate of drug-likeness (QED) is 0.0471. The predicted molar refractivity (Wildman–Crippen MR) is 397 cm³/mol. The molecule has 0 radical (unpaired) electrons. The fourth-order valence-corrected chi connectivity index (χ4v) is 14.6. The number of rotatable bonds is 18. The number of piperidine rings is 1. The van der Waals surface area contributed by atoms with Crippen molar-refractivity contribution in [3.05, 3.63) is 321 Å². The van der Waals surface area contributed by atoms with Crippen molar-refractivity contribution in [3.8, 4) is 33.8 Å². The third kappa shape index (κ3) is 16.8. The van der Waals surface area contributed by atoms with Gasteiger partial charge in [0.2, 0.25) is 17.8 Å². The first kappa shape index (κ1) is 70.2. The molecule has 526 valence electrons. The molecule has 4 N–H and O–H groups in total. The van der Waals surface area contributed by atoms with E-state index in [1.54, 1.807) is 24.5 Å². The number of anilines is 6. The number of benzene rings is 9. The Hall–Kier alpha value is -10.9. The lowest BCUT2D eigenvalue weighted by atomic mass is 9.78. The van der Waals surface area contributed by atoms with Gasteiger partial charge < -0.3 is 26.0 Å². The minimum absolute atomic E-state index is 0.0878. The Morgan fingerprint density at radius 2 is 0.817 bits per heavy atom. The maximum Gasteiger partial charge on any atom is 0.264 e. The van der Waals surface area contributed by atoms with Crippen molar-refractivity contribution in [1.29, 1.82) is 0 Å². The van der Waals surface area contributed by atoms with E-state index in [-0.39, 0.29) is 36.8 Å². The summed E-state index contributed by atoms with van der Waals surface area (Å²) in [4.78, 5) is 30.6. The van der Waals surface area contributed by atoms with Gasteiger partial charge >= 0.3 is 0 Å². The van der Waals surface area contributed by atoms with Crippen molar-refractivity contribution >= 4 is 45.0 Å². The minimum Gasteiger partial charge on any atom is -0.396 e. The molecule has 1 aliphatic heterocycles. The van der Waals surface area contributed by atoms with E-state index in [1.165, 1.54) is 73.8 Å². The minimum atomic E-state index is -3.46. The molecular formula is C84H75F5N10O4S. The average Bonchev–Trinajstić information content (AvgIpc) is 0.771. The van der Waals surface area contributed by atoms with E-state index in [2.05, 4.69) is 78.3 Å². The molecule has 1 saturated heterocycles. The zero-order chi connectivity index (χ0) is 71.7. The van der Waals surface area contributed by atoms with Gasteiger partial charge in [-0.2, -0.15) is 8.42 Å². The van der Waals surface area contributed by atoms with Crippen LogP contribution in [0.2, 0.25) is 0 Å². The summed E-state index contributed by atoms with van der Waals surface area (Å²) in [6.45, 7) is 3.82. The maximum atomic E-state index is 14.0. The van der Waals surface area contributed by atoms with Gasteiger partial charge in [-0.15, -0.1) is 0 Å². The van der Waals surface area contributed by atoms with Crippen molar-refractivity contribution in [1.82, 2.24) is 34.8 Å². The highest BCUT2D eigenvalue weighted by Gasteiger charge is 2.32. The first-order valence-electron chi connectivity index (χ1n) is 34.9. The van der Waals surface area contributed by atoms with Gasteiger partial charge in [-0.1, -0.05) is 140 Å². The van der Waals surface area contributed by atoms with Gasteiger partial charge in [0.1, 0.15) is 5.82 Å². The summed E-state index contributed by atoms with van der Waals surface area (Å²) in [5.74, 6) is -2.17. The van der Waals surface area contributed by atoms with E-state index in [1.807, 2.05) is 121 Å². The smallest absolute Gasteiger partial charge is 0.264 e. The van der Waals surface area contributed by atoms with E-state index < -0.39 is 33.4 Å². The van der Waals surface area contributed by atoms with Crippen LogP contribution in [0.25, 0.3) is 33.8 Å². The number of aliphatic hydroxyl groups excluding tert-OH is 1. The van der Waals surface area contributed by atoms with Crippen LogP contribution < -0.4 is 16.0 Å². The Morgan fingerprint density at radius 1 is 0.442 bits per heavy atom. The van der Waals surface area contributed by atoms with Crippen LogP contribution in [0.3, 0.4) is 0 Å². The molecule has 1 unspecified atom stereocenters. The molecule has 0 bridgehead atoms. The molecule has 3 atom stereocenters. The van der Waals surface area contributed by atoms with Gasteiger partial charge in [-0.05, 0) is 204 Å². The fraction of sp³-hybridized carbons (Fsp3) is 0.214. The van der Waals surface area contributed by atoms with Crippen molar-refractivity contribution in [2.75, 3.05) is 55.1 Å². The van der Waals surface area contributed by atoms with Crippen molar-refractivity contribution in [2.45, 2.75) is 75.5 Å². The van der Waals surface area contributed by atoms with Crippen LogP contribution in [0.15, 0.2) is 225 Å². The van der Waals surface area contributed by atoms with E-state index in [0.29, 0.717) is 49.1 Å². The van der Waals surface area contributed by atoms with Crippen molar-refractivity contribution in [2.24, 2.45) is 0 Å². The Balaban J connectivity index is 0.000000132. The number of aromatic nitrogens is 6. The molecule has 0 saturated carbocycles. The monoisotopic (exact) mass is 1410 g/mol. The molecule has 4 heterocycles. The van der Waals surface area contributed by atoms with Crippen LogP contribution >= 0.6 is 0 Å². The lowest BCUT2D eigenvalue weighted by Crippen LogP contribution is -2.31. The summed E-state index contributed by atoms with van der Waals surface area (Å²) in [5, 5.41) is 18.9. The number of aliphatic hydroxyl groups is 1. The molecule has 1 fully saturated rings. The van der Waals surface area contributed by atoms with Crippen molar-refractivity contribution in [3.63, 3.8) is 0 Å². The molecule has 9 aromatic carbocycles. The molecule has 4 aliphatic rings. The third-order valence-electron chi connectivity index (χ3n) is 19.5. The molecule has 3 aliphatic carbocycles. The van der Waals surface area contributed by atoms with Crippen LogP contribution in [0.5, 0.6) is 0 Å². The highest BCUT2D eigenvalue weighted by Crippen LogP contribution is 2.46. The first-order valence-corrected chi connectivity index (χ1v) is 36.7. The topological polar surface area (TPSA) is 180 Å². The molecule has 3 aromatic heterocycles. The summed E-state index contributed by atoms with van der Waals surface area (Å²) >= 11 is 0.